The van der Waals surface area contributed by atoms with Gasteiger partial charge in [0.15, 0.2) is 4.34 Å². The molecule has 1 amide bonds. The van der Waals surface area contributed by atoms with Crippen molar-refractivity contribution in [3.63, 3.8) is 0 Å². The molecule has 1 heterocycles. The number of amides is 1. The molecule has 1 aromatic heterocycles. The number of aromatic nitrogens is 2. The number of hydrogen-bond donors (Lipinski definition) is 2. The van der Waals surface area contributed by atoms with E-state index in [0.29, 0.717) is 17.1 Å². The molecule has 3 N–H and O–H groups in total. The number of para-hydroxylation sites is 1. The lowest BCUT2D eigenvalue weighted by atomic mass is 10.1. The quantitative estimate of drug-likeness (QED) is 0.655. The smallest absolute Gasteiger partial charge is 0.234 e. The topological polar surface area (TPSA) is 80.9 Å². The van der Waals surface area contributed by atoms with E-state index < -0.39 is 0 Å². The van der Waals surface area contributed by atoms with E-state index >= 15 is 0 Å². The summed E-state index contributed by atoms with van der Waals surface area (Å²) in [6, 6.07) is 5.55. The molecule has 0 aliphatic rings. The van der Waals surface area contributed by atoms with E-state index in [1.54, 1.807) is 6.07 Å². The summed E-state index contributed by atoms with van der Waals surface area (Å²) in [6.07, 6.45) is 0.809. The zero-order valence-corrected chi connectivity index (χ0v) is 13.0. The Morgan fingerprint density at radius 2 is 2.30 bits per heavy atom. The second kappa shape index (κ2) is 6.71. The van der Waals surface area contributed by atoms with Crippen LogP contribution in [0.5, 0.6) is 0 Å². The van der Waals surface area contributed by atoms with Crippen molar-refractivity contribution in [1.29, 1.82) is 0 Å². The molecule has 0 bridgehead atoms. The Balaban J connectivity index is 1.92. The first-order valence-electron chi connectivity index (χ1n) is 6.20. The first-order valence-corrected chi connectivity index (χ1v) is 7.96. The van der Waals surface area contributed by atoms with Gasteiger partial charge >= 0.3 is 0 Å². The molecule has 0 aliphatic carbocycles. The SMILES string of the molecule is CCc1nsc(SCC(=O)Nc2c(C)cccc2N)n1. The minimum atomic E-state index is -0.0933. The molecule has 2 aromatic rings. The number of hydrogen-bond acceptors (Lipinski definition) is 6. The van der Waals surface area contributed by atoms with Crippen LogP contribution in [0.25, 0.3) is 0 Å². The summed E-state index contributed by atoms with van der Waals surface area (Å²) < 4.78 is 5.00. The van der Waals surface area contributed by atoms with Crippen LogP contribution in [0, 0.1) is 6.92 Å². The van der Waals surface area contributed by atoms with Gasteiger partial charge < -0.3 is 11.1 Å². The molecule has 0 atom stereocenters. The van der Waals surface area contributed by atoms with E-state index in [2.05, 4.69) is 14.7 Å². The highest BCUT2D eigenvalue weighted by Gasteiger charge is 2.10. The molecule has 1 aromatic carbocycles. The van der Waals surface area contributed by atoms with E-state index in [9.17, 15) is 4.79 Å². The number of carbonyl (C=O) groups excluding carboxylic acids is 1. The maximum Gasteiger partial charge on any atom is 0.234 e. The number of rotatable bonds is 5. The zero-order valence-electron chi connectivity index (χ0n) is 11.3. The molecule has 0 saturated heterocycles. The Morgan fingerprint density at radius 3 is 2.95 bits per heavy atom. The first kappa shape index (κ1) is 14.8. The van der Waals surface area contributed by atoms with E-state index in [4.69, 9.17) is 5.73 Å². The molecule has 5 nitrogen and oxygen atoms in total. The van der Waals surface area contributed by atoms with Crippen molar-refractivity contribution in [2.24, 2.45) is 0 Å². The molecule has 106 valence electrons. The fourth-order valence-corrected chi connectivity index (χ4v) is 3.10. The zero-order chi connectivity index (χ0) is 14.5. The molecule has 0 fully saturated rings. The number of nitrogens with zero attached hydrogens (tertiary/aromatic N) is 2. The van der Waals surface area contributed by atoms with Crippen LogP contribution in [0.1, 0.15) is 18.3 Å². The molecule has 0 spiro atoms. The van der Waals surface area contributed by atoms with E-state index in [0.717, 1.165) is 22.1 Å². The van der Waals surface area contributed by atoms with E-state index in [1.165, 1.54) is 23.3 Å². The molecule has 0 saturated carbocycles. The van der Waals surface area contributed by atoms with Crippen molar-refractivity contribution >= 4 is 40.6 Å². The largest absolute Gasteiger partial charge is 0.397 e. The fourth-order valence-electron chi connectivity index (χ4n) is 1.60. The molecule has 0 unspecified atom stereocenters. The third kappa shape index (κ3) is 3.71. The highest BCUT2D eigenvalue weighted by molar-refractivity contribution is 8.01. The van der Waals surface area contributed by atoms with Gasteiger partial charge in [-0.15, -0.1) is 0 Å². The normalized spacial score (nSPS) is 10.5. The number of benzene rings is 1. The molecule has 2 rings (SSSR count). The van der Waals surface area contributed by atoms with Crippen LogP contribution in [0.4, 0.5) is 11.4 Å². The van der Waals surface area contributed by atoms with Crippen LogP contribution in [-0.4, -0.2) is 21.0 Å². The van der Waals surface area contributed by atoms with Gasteiger partial charge in [0.25, 0.3) is 0 Å². The number of thioether (sulfide) groups is 1. The number of nitrogens with one attached hydrogen (secondary N) is 1. The Morgan fingerprint density at radius 1 is 1.50 bits per heavy atom. The minimum Gasteiger partial charge on any atom is -0.397 e. The van der Waals surface area contributed by atoms with Crippen molar-refractivity contribution in [3.05, 3.63) is 29.6 Å². The molecule has 7 heteroatoms. The average Bonchev–Trinajstić information content (AvgIpc) is 2.89. The summed E-state index contributed by atoms with van der Waals surface area (Å²) in [7, 11) is 0. The maximum absolute atomic E-state index is 11.9. The van der Waals surface area contributed by atoms with E-state index in [1.807, 2.05) is 26.0 Å². The van der Waals surface area contributed by atoms with Gasteiger partial charge in [0.2, 0.25) is 5.91 Å². The standard InChI is InChI=1S/C13H16N4OS2/c1-3-10-15-13(20-17-10)19-7-11(18)16-12-8(2)5-4-6-9(12)14/h4-6H,3,7,14H2,1-2H3,(H,16,18). The Kier molecular flexibility index (Phi) is 4.97. The van der Waals surface area contributed by atoms with Gasteiger partial charge in [0.05, 0.1) is 17.1 Å². The lowest BCUT2D eigenvalue weighted by molar-refractivity contribution is -0.113. The van der Waals surface area contributed by atoms with Gasteiger partial charge in [0.1, 0.15) is 5.82 Å². The van der Waals surface area contributed by atoms with Crippen LogP contribution < -0.4 is 11.1 Å². The minimum absolute atomic E-state index is 0.0933. The second-order valence-corrected chi connectivity index (χ2v) is 6.18. The van der Waals surface area contributed by atoms with Crippen LogP contribution in [0.3, 0.4) is 0 Å². The predicted octanol–water partition coefficient (Wildman–Crippen LogP) is 2.72. The highest BCUT2D eigenvalue weighted by Crippen LogP contribution is 2.24. The van der Waals surface area contributed by atoms with Crippen LogP contribution >= 0.6 is 23.3 Å². The number of carbonyl (C=O) groups is 1. The number of nitrogens with two attached hydrogens (primary N) is 1. The van der Waals surface area contributed by atoms with Crippen molar-refractivity contribution in [2.45, 2.75) is 24.6 Å². The maximum atomic E-state index is 11.9. The molecule has 20 heavy (non-hydrogen) atoms. The number of anilines is 2. The lowest BCUT2D eigenvalue weighted by Gasteiger charge is -2.10. The Labute approximate surface area is 126 Å². The molecular formula is C13H16N4OS2. The van der Waals surface area contributed by atoms with Gasteiger partial charge in [-0.3, -0.25) is 4.79 Å². The van der Waals surface area contributed by atoms with Gasteiger partial charge in [-0.05, 0) is 30.1 Å². The molecule has 0 radical (unpaired) electrons. The second-order valence-electron chi connectivity index (χ2n) is 4.21. The Hall–Kier alpha value is -1.60. The summed E-state index contributed by atoms with van der Waals surface area (Å²) in [4.78, 5) is 16.2. The number of aryl methyl sites for hydroxylation is 2. The predicted molar refractivity (Wildman–Crippen MR) is 84.2 cm³/mol. The van der Waals surface area contributed by atoms with Crippen molar-refractivity contribution in [3.8, 4) is 0 Å². The summed E-state index contributed by atoms with van der Waals surface area (Å²) in [5.74, 6) is 1.02. The van der Waals surface area contributed by atoms with E-state index in [-0.39, 0.29) is 5.91 Å². The average molecular weight is 308 g/mol. The van der Waals surface area contributed by atoms with Crippen LogP contribution in [0.2, 0.25) is 0 Å². The van der Waals surface area contributed by atoms with Gasteiger partial charge in [0, 0.05) is 6.42 Å². The van der Waals surface area contributed by atoms with Gasteiger partial charge in [-0.1, -0.05) is 30.8 Å². The fraction of sp³-hybridized carbons (Fsp3) is 0.308. The van der Waals surface area contributed by atoms with Crippen LogP contribution in [0.15, 0.2) is 22.5 Å². The molecular weight excluding hydrogens is 292 g/mol. The lowest BCUT2D eigenvalue weighted by Crippen LogP contribution is -2.16. The van der Waals surface area contributed by atoms with Crippen molar-refractivity contribution < 1.29 is 4.79 Å². The third-order valence-corrected chi connectivity index (χ3v) is 4.53. The summed E-state index contributed by atoms with van der Waals surface area (Å²) in [6.45, 7) is 3.92. The van der Waals surface area contributed by atoms with Gasteiger partial charge in [-0.2, -0.15) is 4.37 Å². The third-order valence-electron chi connectivity index (χ3n) is 2.66. The number of nitrogen functional groups attached to an aromatic ring is 1. The summed E-state index contributed by atoms with van der Waals surface area (Å²) >= 11 is 2.71. The van der Waals surface area contributed by atoms with Crippen LogP contribution in [-0.2, 0) is 11.2 Å². The highest BCUT2D eigenvalue weighted by atomic mass is 32.2. The summed E-state index contributed by atoms with van der Waals surface area (Å²) in [5.41, 5.74) is 8.07. The monoisotopic (exact) mass is 308 g/mol. The van der Waals surface area contributed by atoms with Crippen molar-refractivity contribution in [2.75, 3.05) is 16.8 Å². The first-order chi connectivity index (χ1) is 9.60. The summed E-state index contributed by atoms with van der Waals surface area (Å²) in [5, 5.41) is 2.84. The van der Waals surface area contributed by atoms with Crippen molar-refractivity contribution in [1.82, 2.24) is 9.36 Å². The van der Waals surface area contributed by atoms with Gasteiger partial charge in [-0.25, -0.2) is 4.98 Å². The molecule has 0 aliphatic heterocycles. The Bertz CT molecular complexity index is 592.